The minimum absolute atomic E-state index is 0.700. The first-order valence-electron chi connectivity index (χ1n) is 5.79. The third-order valence-electron chi connectivity index (χ3n) is 2.81. The number of aryl methyl sites for hydroxylation is 1. The van der Waals surface area contributed by atoms with Gasteiger partial charge in [0.25, 0.3) is 0 Å². The highest BCUT2D eigenvalue weighted by Crippen LogP contribution is 2.22. The number of para-hydroxylation sites is 1. The second-order valence-corrected chi connectivity index (χ2v) is 4.57. The van der Waals surface area contributed by atoms with E-state index in [0.29, 0.717) is 5.92 Å². The summed E-state index contributed by atoms with van der Waals surface area (Å²) in [6, 6.07) is 8.70. The Hall–Kier alpha value is -1.24. The lowest BCUT2D eigenvalue weighted by molar-refractivity contribution is 0.534. The van der Waals surface area contributed by atoms with Crippen LogP contribution in [0.15, 0.2) is 30.5 Å². The van der Waals surface area contributed by atoms with Gasteiger partial charge in [-0.1, -0.05) is 39.0 Å². The Bertz CT molecular complexity index is 451. The van der Waals surface area contributed by atoms with Gasteiger partial charge in [0.15, 0.2) is 0 Å². The molecule has 1 heteroatoms. The Kier molecular flexibility index (Phi) is 2.81. The lowest BCUT2D eigenvalue weighted by Crippen LogP contribution is -2.02. The third-order valence-corrected chi connectivity index (χ3v) is 2.81. The van der Waals surface area contributed by atoms with E-state index in [1.54, 1.807) is 0 Å². The third kappa shape index (κ3) is 1.92. The number of nitrogens with zero attached hydrogens (tertiary/aromatic N) is 1. The van der Waals surface area contributed by atoms with Crippen molar-refractivity contribution in [1.82, 2.24) is 4.57 Å². The van der Waals surface area contributed by atoms with E-state index >= 15 is 0 Å². The van der Waals surface area contributed by atoms with Crippen LogP contribution >= 0.6 is 0 Å². The zero-order valence-electron chi connectivity index (χ0n) is 9.83. The van der Waals surface area contributed by atoms with Crippen molar-refractivity contribution in [3.8, 4) is 0 Å². The maximum atomic E-state index is 2.39. The van der Waals surface area contributed by atoms with Crippen LogP contribution in [0.25, 0.3) is 10.9 Å². The van der Waals surface area contributed by atoms with E-state index in [1.165, 1.54) is 16.5 Å². The molecule has 0 bridgehead atoms. The molecular formula is C14H19N. The van der Waals surface area contributed by atoms with Gasteiger partial charge in [0, 0.05) is 23.6 Å². The number of aromatic nitrogens is 1. The van der Waals surface area contributed by atoms with Crippen LogP contribution in [0, 0.1) is 5.92 Å². The van der Waals surface area contributed by atoms with Crippen molar-refractivity contribution in [2.45, 2.75) is 33.7 Å². The molecule has 0 saturated carbocycles. The summed E-state index contributed by atoms with van der Waals surface area (Å²) in [6.07, 6.45) is 3.43. The Balaban J connectivity index is 2.55. The second kappa shape index (κ2) is 4.09. The Morgan fingerprint density at radius 3 is 2.60 bits per heavy atom. The van der Waals surface area contributed by atoms with Crippen molar-refractivity contribution in [3.05, 3.63) is 36.0 Å². The van der Waals surface area contributed by atoms with Crippen LogP contribution in [0.5, 0.6) is 0 Å². The molecule has 15 heavy (non-hydrogen) atoms. The molecule has 0 aliphatic heterocycles. The molecule has 2 aromatic rings. The van der Waals surface area contributed by atoms with Crippen molar-refractivity contribution in [2.75, 3.05) is 0 Å². The summed E-state index contributed by atoms with van der Waals surface area (Å²) in [5.41, 5.74) is 2.84. The lowest BCUT2D eigenvalue weighted by Gasteiger charge is -2.07. The van der Waals surface area contributed by atoms with Crippen LogP contribution < -0.4 is 0 Å². The van der Waals surface area contributed by atoms with Gasteiger partial charge in [-0.3, -0.25) is 0 Å². The average molecular weight is 201 g/mol. The predicted molar refractivity (Wildman–Crippen MR) is 66.2 cm³/mol. The monoisotopic (exact) mass is 201 g/mol. The quantitative estimate of drug-likeness (QED) is 0.710. The highest BCUT2D eigenvalue weighted by Gasteiger charge is 2.06. The molecule has 1 nitrogen and oxygen atoms in total. The van der Waals surface area contributed by atoms with Crippen molar-refractivity contribution in [3.63, 3.8) is 0 Å². The van der Waals surface area contributed by atoms with E-state index in [9.17, 15) is 0 Å². The van der Waals surface area contributed by atoms with Crippen LogP contribution in [0.1, 0.15) is 26.3 Å². The zero-order valence-corrected chi connectivity index (χ0v) is 9.83. The minimum atomic E-state index is 0.700. The van der Waals surface area contributed by atoms with Gasteiger partial charge in [0.2, 0.25) is 0 Å². The van der Waals surface area contributed by atoms with Crippen molar-refractivity contribution in [2.24, 2.45) is 5.92 Å². The standard InChI is InChI=1S/C14H19N/c1-4-12-10-15(9-11(2)3)14-8-6-5-7-13(12)14/h5-8,10-11H,4,9H2,1-3H3. The summed E-state index contributed by atoms with van der Waals surface area (Å²) in [4.78, 5) is 0. The number of rotatable bonds is 3. The summed E-state index contributed by atoms with van der Waals surface area (Å²) in [5.74, 6) is 0.700. The maximum Gasteiger partial charge on any atom is 0.0483 e. The fourth-order valence-electron chi connectivity index (χ4n) is 2.15. The molecule has 80 valence electrons. The molecule has 0 saturated heterocycles. The van der Waals surface area contributed by atoms with Gasteiger partial charge in [-0.25, -0.2) is 0 Å². The van der Waals surface area contributed by atoms with Crippen molar-refractivity contribution < 1.29 is 0 Å². The molecule has 0 spiro atoms. The molecule has 0 unspecified atom stereocenters. The van der Waals surface area contributed by atoms with Crippen LogP contribution in [-0.4, -0.2) is 4.57 Å². The normalized spacial score (nSPS) is 11.5. The predicted octanol–water partition coefficient (Wildman–Crippen LogP) is 3.86. The van der Waals surface area contributed by atoms with E-state index in [4.69, 9.17) is 0 Å². The number of hydrogen-bond acceptors (Lipinski definition) is 0. The molecule has 1 heterocycles. The number of fused-ring (bicyclic) bond motifs is 1. The van der Waals surface area contributed by atoms with Crippen LogP contribution in [-0.2, 0) is 13.0 Å². The summed E-state index contributed by atoms with van der Waals surface area (Å²) in [6.45, 7) is 7.86. The molecular weight excluding hydrogens is 182 g/mol. The van der Waals surface area contributed by atoms with Gasteiger partial charge in [0.1, 0.15) is 0 Å². The van der Waals surface area contributed by atoms with Gasteiger partial charge in [-0.2, -0.15) is 0 Å². The highest BCUT2D eigenvalue weighted by atomic mass is 15.0. The van der Waals surface area contributed by atoms with Gasteiger partial charge >= 0.3 is 0 Å². The molecule has 0 fully saturated rings. The Morgan fingerprint density at radius 1 is 1.20 bits per heavy atom. The first-order valence-corrected chi connectivity index (χ1v) is 5.79. The fraction of sp³-hybridized carbons (Fsp3) is 0.429. The first kappa shape index (κ1) is 10.3. The molecule has 0 aliphatic carbocycles. The molecule has 0 atom stereocenters. The second-order valence-electron chi connectivity index (χ2n) is 4.57. The zero-order chi connectivity index (χ0) is 10.8. The smallest absolute Gasteiger partial charge is 0.0483 e. The van der Waals surface area contributed by atoms with Crippen LogP contribution in [0.2, 0.25) is 0 Å². The van der Waals surface area contributed by atoms with E-state index in [-0.39, 0.29) is 0 Å². The number of benzene rings is 1. The molecule has 1 aromatic carbocycles. The molecule has 0 radical (unpaired) electrons. The van der Waals surface area contributed by atoms with Crippen LogP contribution in [0.3, 0.4) is 0 Å². The van der Waals surface area contributed by atoms with Gasteiger partial charge in [0.05, 0.1) is 0 Å². The Morgan fingerprint density at radius 2 is 1.93 bits per heavy atom. The molecule has 0 aliphatic rings. The lowest BCUT2D eigenvalue weighted by atomic mass is 10.1. The van der Waals surface area contributed by atoms with E-state index in [2.05, 4.69) is 55.8 Å². The topological polar surface area (TPSA) is 4.93 Å². The van der Waals surface area contributed by atoms with Crippen molar-refractivity contribution >= 4 is 10.9 Å². The maximum absolute atomic E-state index is 2.39. The van der Waals surface area contributed by atoms with E-state index in [0.717, 1.165) is 13.0 Å². The highest BCUT2D eigenvalue weighted by molar-refractivity contribution is 5.83. The van der Waals surface area contributed by atoms with Gasteiger partial charge in [-0.05, 0) is 24.0 Å². The summed E-state index contributed by atoms with van der Waals surface area (Å²) in [7, 11) is 0. The largest absolute Gasteiger partial charge is 0.347 e. The summed E-state index contributed by atoms with van der Waals surface area (Å²) in [5, 5.41) is 1.42. The van der Waals surface area contributed by atoms with Crippen LogP contribution in [0.4, 0.5) is 0 Å². The molecule has 2 rings (SSSR count). The van der Waals surface area contributed by atoms with E-state index in [1.807, 2.05) is 0 Å². The Labute approximate surface area is 91.7 Å². The van der Waals surface area contributed by atoms with Gasteiger partial charge < -0.3 is 4.57 Å². The first-order chi connectivity index (χ1) is 7.22. The molecule has 1 aromatic heterocycles. The molecule has 0 amide bonds. The fourth-order valence-corrected chi connectivity index (χ4v) is 2.15. The SMILES string of the molecule is CCc1cn(CC(C)C)c2ccccc12. The summed E-state index contributed by atoms with van der Waals surface area (Å²) >= 11 is 0. The molecule has 0 N–H and O–H groups in total. The van der Waals surface area contributed by atoms with E-state index < -0.39 is 0 Å². The van der Waals surface area contributed by atoms with Gasteiger partial charge in [-0.15, -0.1) is 0 Å². The minimum Gasteiger partial charge on any atom is -0.347 e. The van der Waals surface area contributed by atoms with Crippen molar-refractivity contribution in [1.29, 1.82) is 0 Å². The summed E-state index contributed by atoms with van der Waals surface area (Å²) < 4.78 is 2.39. The average Bonchev–Trinajstić information content (AvgIpc) is 2.56. The number of hydrogen-bond donors (Lipinski definition) is 0.